The molecular weight excluding hydrogens is 254 g/mol. The summed E-state index contributed by atoms with van der Waals surface area (Å²) >= 11 is 0. The third kappa shape index (κ3) is 3.05. The van der Waals surface area contributed by atoms with Gasteiger partial charge in [-0.2, -0.15) is 4.98 Å². The van der Waals surface area contributed by atoms with Crippen molar-refractivity contribution in [3.8, 4) is 0 Å². The van der Waals surface area contributed by atoms with Gasteiger partial charge < -0.3 is 15.4 Å². The van der Waals surface area contributed by atoms with E-state index in [2.05, 4.69) is 16.2 Å². The maximum atomic E-state index is 9.19. The number of hydrogen-bond donors (Lipinski definition) is 2. The maximum Gasteiger partial charge on any atom is 0.231 e. The molecule has 0 radical (unpaired) electrons. The van der Waals surface area contributed by atoms with Crippen molar-refractivity contribution in [3.05, 3.63) is 47.1 Å². The van der Waals surface area contributed by atoms with Gasteiger partial charge in [-0.15, -0.1) is 0 Å². The van der Waals surface area contributed by atoms with Gasteiger partial charge in [-0.1, -0.05) is 48.8 Å². The van der Waals surface area contributed by atoms with E-state index in [0.717, 1.165) is 5.56 Å². The van der Waals surface area contributed by atoms with Gasteiger partial charge in [0.25, 0.3) is 0 Å². The number of nitrogens with zero attached hydrogens (tertiary/aromatic N) is 2. The van der Waals surface area contributed by atoms with Crippen LogP contribution in [0.25, 0.3) is 0 Å². The van der Waals surface area contributed by atoms with Crippen LogP contribution in [0.3, 0.4) is 0 Å². The van der Waals surface area contributed by atoms with E-state index < -0.39 is 11.5 Å². The molecule has 0 amide bonds. The number of nitrogens with two attached hydrogens (primary N) is 1. The molecule has 1 aromatic heterocycles. The fourth-order valence-corrected chi connectivity index (χ4v) is 1.98. The molecule has 5 heteroatoms. The zero-order chi connectivity index (χ0) is 14.8. The van der Waals surface area contributed by atoms with Crippen LogP contribution < -0.4 is 5.73 Å². The molecule has 1 unspecified atom stereocenters. The second kappa shape index (κ2) is 5.73. The van der Waals surface area contributed by atoms with Crippen molar-refractivity contribution in [2.75, 3.05) is 6.61 Å². The molecule has 1 heterocycles. The van der Waals surface area contributed by atoms with E-state index in [9.17, 15) is 5.11 Å². The molecule has 0 aliphatic carbocycles. The highest BCUT2D eigenvalue weighted by Gasteiger charge is 2.33. The predicted molar refractivity (Wildman–Crippen MR) is 76.4 cm³/mol. The summed E-state index contributed by atoms with van der Waals surface area (Å²) < 4.78 is 5.29. The van der Waals surface area contributed by atoms with Crippen LogP contribution in [0.15, 0.2) is 28.8 Å². The average Bonchev–Trinajstić information content (AvgIpc) is 2.87. The van der Waals surface area contributed by atoms with E-state index in [1.54, 1.807) is 0 Å². The van der Waals surface area contributed by atoms with Gasteiger partial charge in [0.15, 0.2) is 5.82 Å². The molecule has 108 valence electrons. The Balaban J connectivity index is 2.17. The van der Waals surface area contributed by atoms with Crippen molar-refractivity contribution in [2.45, 2.75) is 38.6 Å². The smallest absolute Gasteiger partial charge is 0.231 e. The first-order chi connectivity index (χ1) is 9.43. The Morgan fingerprint density at radius 2 is 2.15 bits per heavy atom. The summed E-state index contributed by atoms with van der Waals surface area (Å²) in [5.41, 5.74) is 7.70. The van der Waals surface area contributed by atoms with Crippen LogP contribution in [0.5, 0.6) is 0 Å². The molecule has 5 nitrogen and oxygen atoms in total. The van der Waals surface area contributed by atoms with Crippen molar-refractivity contribution < 1.29 is 9.63 Å². The van der Waals surface area contributed by atoms with Gasteiger partial charge >= 0.3 is 0 Å². The minimum Gasteiger partial charge on any atom is -0.395 e. The summed E-state index contributed by atoms with van der Waals surface area (Å²) in [5, 5.41) is 13.2. The summed E-state index contributed by atoms with van der Waals surface area (Å²) in [4.78, 5) is 4.41. The SMILES string of the molecule is Cc1cccc(Cc2nc(C(C)(C)C(N)CO)no2)c1. The second-order valence-electron chi connectivity index (χ2n) is 5.69. The lowest BCUT2D eigenvalue weighted by atomic mass is 9.84. The Hall–Kier alpha value is -1.72. The van der Waals surface area contributed by atoms with Crippen LogP contribution in [-0.2, 0) is 11.8 Å². The van der Waals surface area contributed by atoms with Gasteiger partial charge in [0, 0.05) is 11.5 Å². The first kappa shape index (κ1) is 14.7. The predicted octanol–water partition coefficient (Wildman–Crippen LogP) is 1.57. The summed E-state index contributed by atoms with van der Waals surface area (Å²) in [7, 11) is 0. The Labute approximate surface area is 118 Å². The first-order valence-electron chi connectivity index (χ1n) is 6.68. The third-order valence-electron chi connectivity index (χ3n) is 3.61. The second-order valence-corrected chi connectivity index (χ2v) is 5.69. The Bertz CT molecular complexity index is 578. The van der Waals surface area contributed by atoms with Crippen molar-refractivity contribution in [2.24, 2.45) is 5.73 Å². The fourth-order valence-electron chi connectivity index (χ4n) is 1.98. The number of aryl methyl sites for hydroxylation is 1. The maximum absolute atomic E-state index is 9.19. The van der Waals surface area contributed by atoms with Gasteiger partial charge in [-0.05, 0) is 12.5 Å². The van der Waals surface area contributed by atoms with Crippen LogP contribution in [0.2, 0.25) is 0 Å². The summed E-state index contributed by atoms with van der Waals surface area (Å²) in [6.45, 7) is 5.73. The zero-order valence-electron chi connectivity index (χ0n) is 12.1. The van der Waals surface area contributed by atoms with Crippen LogP contribution in [0.4, 0.5) is 0 Å². The molecule has 0 aliphatic rings. The lowest BCUT2D eigenvalue weighted by Crippen LogP contribution is -2.44. The van der Waals surface area contributed by atoms with E-state index >= 15 is 0 Å². The van der Waals surface area contributed by atoms with E-state index in [0.29, 0.717) is 18.1 Å². The van der Waals surface area contributed by atoms with Crippen LogP contribution in [-0.4, -0.2) is 27.9 Å². The topological polar surface area (TPSA) is 85.2 Å². The number of aliphatic hydroxyl groups is 1. The highest BCUT2D eigenvalue weighted by Crippen LogP contribution is 2.23. The monoisotopic (exact) mass is 275 g/mol. The number of benzene rings is 1. The van der Waals surface area contributed by atoms with Gasteiger partial charge in [0.2, 0.25) is 5.89 Å². The van der Waals surface area contributed by atoms with Crippen LogP contribution in [0.1, 0.15) is 36.7 Å². The summed E-state index contributed by atoms with van der Waals surface area (Å²) in [6.07, 6.45) is 0.596. The number of aromatic nitrogens is 2. The Morgan fingerprint density at radius 3 is 2.80 bits per heavy atom. The molecule has 1 aromatic carbocycles. The zero-order valence-corrected chi connectivity index (χ0v) is 12.1. The molecule has 0 spiro atoms. The summed E-state index contributed by atoms with van der Waals surface area (Å²) in [5.74, 6) is 1.09. The van der Waals surface area contributed by atoms with Crippen molar-refractivity contribution in [1.82, 2.24) is 10.1 Å². The highest BCUT2D eigenvalue weighted by molar-refractivity contribution is 5.24. The third-order valence-corrected chi connectivity index (χ3v) is 3.61. The minimum absolute atomic E-state index is 0.116. The van der Waals surface area contributed by atoms with E-state index in [1.165, 1.54) is 5.56 Å². The molecule has 3 N–H and O–H groups in total. The van der Waals surface area contributed by atoms with Gasteiger partial charge in [-0.3, -0.25) is 0 Å². The number of rotatable bonds is 5. The summed E-state index contributed by atoms with van der Waals surface area (Å²) in [6, 6.07) is 7.75. The molecule has 2 rings (SSSR count). The molecule has 0 saturated carbocycles. The normalized spacial score (nSPS) is 13.4. The molecule has 0 bridgehead atoms. The lowest BCUT2D eigenvalue weighted by Gasteiger charge is -2.26. The molecular formula is C15H21N3O2. The van der Waals surface area contributed by atoms with Crippen LogP contribution in [0, 0.1) is 6.92 Å². The van der Waals surface area contributed by atoms with Crippen molar-refractivity contribution in [3.63, 3.8) is 0 Å². The van der Waals surface area contributed by atoms with Gasteiger partial charge in [0.1, 0.15) is 0 Å². The van der Waals surface area contributed by atoms with E-state index in [4.69, 9.17) is 10.3 Å². The molecule has 0 fully saturated rings. The molecule has 0 aliphatic heterocycles. The quantitative estimate of drug-likeness (QED) is 0.865. The lowest BCUT2D eigenvalue weighted by molar-refractivity contribution is 0.212. The molecule has 0 saturated heterocycles. The first-order valence-corrected chi connectivity index (χ1v) is 6.68. The number of hydrogen-bond acceptors (Lipinski definition) is 5. The fraction of sp³-hybridized carbons (Fsp3) is 0.467. The van der Waals surface area contributed by atoms with Gasteiger partial charge in [-0.25, -0.2) is 0 Å². The number of aliphatic hydroxyl groups excluding tert-OH is 1. The van der Waals surface area contributed by atoms with Crippen molar-refractivity contribution in [1.29, 1.82) is 0 Å². The Kier molecular flexibility index (Phi) is 4.20. The van der Waals surface area contributed by atoms with Gasteiger partial charge in [0.05, 0.1) is 13.0 Å². The van der Waals surface area contributed by atoms with Crippen molar-refractivity contribution >= 4 is 0 Å². The van der Waals surface area contributed by atoms with E-state index in [1.807, 2.05) is 39.0 Å². The van der Waals surface area contributed by atoms with Crippen LogP contribution >= 0.6 is 0 Å². The highest BCUT2D eigenvalue weighted by atomic mass is 16.5. The molecule has 1 atom stereocenters. The Morgan fingerprint density at radius 1 is 1.40 bits per heavy atom. The molecule has 2 aromatic rings. The molecule has 20 heavy (non-hydrogen) atoms. The largest absolute Gasteiger partial charge is 0.395 e. The average molecular weight is 275 g/mol. The van der Waals surface area contributed by atoms with E-state index in [-0.39, 0.29) is 6.61 Å². The minimum atomic E-state index is -0.525. The standard InChI is InChI=1S/C15H21N3O2/c1-10-5-4-6-11(7-10)8-13-17-14(18-20-13)15(2,3)12(16)9-19/h4-7,12,19H,8-9,16H2,1-3H3.